The molecule has 1 atom stereocenters. The van der Waals surface area contributed by atoms with Gasteiger partial charge in [-0.1, -0.05) is 30.3 Å². The van der Waals surface area contributed by atoms with E-state index in [1.807, 2.05) is 25.1 Å². The highest BCUT2D eigenvalue weighted by molar-refractivity contribution is 5.79. The third-order valence-electron chi connectivity index (χ3n) is 4.05. The molecular formula is C17H28N4. The van der Waals surface area contributed by atoms with Crippen LogP contribution < -0.4 is 5.32 Å². The molecular weight excluding hydrogens is 260 g/mol. The van der Waals surface area contributed by atoms with Gasteiger partial charge >= 0.3 is 0 Å². The van der Waals surface area contributed by atoms with Crippen LogP contribution in [0.15, 0.2) is 35.3 Å². The fraction of sp³-hybridized carbons (Fsp3) is 0.588. The van der Waals surface area contributed by atoms with Gasteiger partial charge in [0.2, 0.25) is 0 Å². The minimum Gasteiger partial charge on any atom is -0.355 e. The minimum atomic E-state index is 0.527. The largest absolute Gasteiger partial charge is 0.355 e. The molecule has 1 aromatic rings. The second kappa shape index (κ2) is 7.46. The van der Waals surface area contributed by atoms with Gasteiger partial charge in [-0.25, -0.2) is 4.99 Å². The van der Waals surface area contributed by atoms with Crippen molar-refractivity contribution in [3.05, 3.63) is 35.9 Å². The summed E-state index contributed by atoms with van der Waals surface area (Å²) in [5.41, 5.74) is 1.24. The van der Waals surface area contributed by atoms with Crippen LogP contribution in [0, 0.1) is 0 Å². The van der Waals surface area contributed by atoms with Crippen molar-refractivity contribution in [1.82, 2.24) is 15.1 Å². The van der Waals surface area contributed by atoms with Gasteiger partial charge in [-0.2, -0.15) is 0 Å². The van der Waals surface area contributed by atoms with Crippen molar-refractivity contribution in [2.75, 3.05) is 27.7 Å². The first kappa shape index (κ1) is 15.8. The van der Waals surface area contributed by atoms with Crippen LogP contribution in [-0.2, 0) is 6.54 Å². The van der Waals surface area contributed by atoms with Gasteiger partial charge in [0.15, 0.2) is 5.96 Å². The molecule has 1 unspecified atom stereocenters. The fourth-order valence-corrected chi connectivity index (χ4v) is 2.33. The second-order valence-electron chi connectivity index (χ2n) is 6.15. The Balaban J connectivity index is 1.86. The molecule has 0 aromatic heterocycles. The van der Waals surface area contributed by atoms with Crippen molar-refractivity contribution in [3.63, 3.8) is 0 Å². The SMILES string of the molecule is CC(CNC(=NCc1ccccc1)N(C)C)N(C)C1CC1. The summed E-state index contributed by atoms with van der Waals surface area (Å²) in [6.07, 6.45) is 2.70. The van der Waals surface area contributed by atoms with Crippen LogP contribution in [0.4, 0.5) is 0 Å². The minimum absolute atomic E-state index is 0.527. The van der Waals surface area contributed by atoms with E-state index in [2.05, 4.69) is 48.5 Å². The predicted octanol–water partition coefficient (Wildman–Crippen LogP) is 2.18. The molecule has 21 heavy (non-hydrogen) atoms. The third kappa shape index (κ3) is 5.05. The van der Waals surface area contributed by atoms with E-state index in [-0.39, 0.29) is 0 Å². The molecule has 0 bridgehead atoms. The van der Waals surface area contributed by atoms with Gasteiger partial charge in [-0.3, -0.25) is 4.90 Å². The molecule has 0 saturated heterocycles. The van der Waals surface area contributed by atoms with Crippen LogP contribution in [0.2, 0.25) is 0 Å². The summed E-state index contributed by atoms with van der Waals surface area (Å²) < 4.78 is 0. The average Bonchev–Trinajstić information content (AvgIpc) is 3.31. The zero-order valence-electron chi connectivity index (χ0n) is 13.7. The summed E-state index contributed by atoms with van der Waals surface area (Å²) >= 11 is 0. The van der Waals surface area contributed by atoms with Crippen molar-refractivity contribution >= 4 is 5.96 Å². The molecule has 0 amide bonds. The maximum Gasteiger partial charge on any atom is 0.193 e. The van der Waals surface area contributed by atoms with Crippen molar-refractivity contribution < 1.29 is 0 Å². The third-order valence-corrected chi connectivity index (χ3v) is 4.05. The number of benzene rings is 1. The smallest absolute Gasteiger partial charge is 0.193 e. The quantitative estimate of drug-likeness (QED) is 0.643. The molecule has 1 saturated carbocycles. The Hall–Kier alpha value is -1.55. The molecule has 0 radical (unpaired) electrons. The number of rotatable bonds is 6. The molecule has 2 rings (SSSR count). The molecule has 4 nitrogen and oxygen atoms in total. The maximum atomic E-state index is 4.70. The molecule has 1 fully saturated rings. The zero-order chi connectivity index (χ0) is 15.2. The summed E-state index contributed by atoms with van der Waals surface area (Å²) in [5, 5.41) is 3.49. The van der Waals surface area contributed by atoms with Gasteiger partial charge in [-0.15, -0.1) is 0 Å². The van der Waals surface area contributed by atoms with E-state index >= 15 is 0 Å². The number of likely N-dealkylation sites (N-methyl/N-ethyl adjacent to an activating group) is 1. The van der Waals surface area contributed by atoms with Crippen LogP contribution in [0.5, 0.6) is 0 Å². The standard InChI is InChI=1S/C17H28N4/c1-14(21(4)16-10-11-16)12-18-17(20(2)3)19-13-15-8-6-5-7-9-15/h5-9,14,16H,10-13H2,1-4H3,(H,18,19). The monoisotopic (exact) mass is 288 g/mol. The number of nitrogens with one attached hydrogen (secondary N) is 1. The van der Waals surface area contributed by atoms with Gasteiger partial charge in [0.25, 0.3) is 0 Å². The first-order valence-corrected chi connectivity index (χ1v) is 7.79. The lowest BCUT2D eigenvalue weighted by molar-refractivity contribution is 0.246. The van der Waals surface area contributed by atoms with Gasteiger partial charge in [0.1, 0.15) is 0 Å². The number of hydrogen-bond acceptors (Lipinski definition) is 2. The molecule has 116 valence electrons. The van der Waals surface area contributed by atoms with Crippen LogP contribution in [-0.4, -0.2) is 55.5 Å². The number of hydrogen-bond donors (Lipinski definition) is 1. The lowest BCUT2D eigenvalue weighted by atomic mass is 10.2. The maximum absolute atomic E-state index is 4.70. The Bertz CT molecular complexity index is 451. The lowest BCUT2D eigenvalue weighted by Gasteiger charge is -2.26. The molecule has 4 heteroatoms. The van der Waals surface area contributed by atoms with E-state index in [0.29, 0.717) is 12.6 Å². The first-order valence-electron chi connectivity index (χ1n) is 7.79. The van der Waals surface area contributed by atoms with E-state index in [1.165, 1.54) is 18.4 Å². The molecule has 1 aliphatic carbocycles. The summed E-state index contributed by atoms with van der Waals surface area (Å²) in [6, 6.07) is 11.7. The van der Waals surface area contributed by atoms with E-state index in [0.717, 1.165) is 18.5 Å². The number of guanidine groups is 1. The van der Waals surface area contributed by atoms with Gasteiger partial charge in [0.05, 0.1) is 6.54 Å². The molecule has 0 aliphatic heterocycles. The zero-order valence-corrected chi connectivity index (χ0v) is 13.7. The van der Waals surface area contributed by atoms with E-state index in [1.54, 1.807) is 0 Å². The Morgan fingerprint density at radius 3 is 2.48 bits per heavy atom. The van der Waals surface area contributed by atoms with Gasteiger partial charge < -0.3 is 10.2 Å². The topological polar surface area (TPSA) is 30.9 Å². The van der Waals surface area contributed by atoms with E-state index in [9.17, 15) is 0 Å². The predicted molar refractivity (Wildman–Crippen MR) is 89.5 cm³/mol. The van der Waals surface area contributed by atoms with Crippen LogP contribution >= 0.6 is 0 Å². The Morgan fingerprint density at radius 1 is 1.24 bits per heavy atom. The second-order valence-corrected chi connectivity index (χ2v) is 6.15. The Kier molecular flexibility index (Phi) is 5.62. The highest BCUT2D eigenvalue weighted by Gasteiger charge is 2.29. The van der Waals surface area contributed by atoms with Crippen molar-refractivity contribution in [2.24, 2.45) is 4.99 Å². The summed E-state index contributed by atoms with van der Waals surface area (Å²) in [5.74, 6) is 0.954. The molecule has 1 aliphatic rings. The van der Waals surface area contributed by atoms with Crippen LogP contribution in [0.1, 0.15) is 25.3 Å². The van der Waals surface area contributed by atoms with Crippen LogP contribution in [0.25, 0.3) is 0 Å². The van der Waals surface area contributed by atoms with Crippen molar-refractivity contribution in [2.45, 2.75) is 38.4 Å². The summed E-state index contributed by atoms with van der Waals surface area (Å²) in [6.45, 7) is 3.92. The van der Waals surface area contributed by atoms with E-state index in [4.69, 9.17) is 4.99 Å². The summed E-state index contributed by atoms with van der Waals surface area (Å²) in [7, 11) is 6.29. The lowest BCUT2D eigenvalue weighted by Crippen LogP contribution is -2.45. The highest BCUT2D eigenvalue weighted by atomic mass is 15.3. The van der Waals surface area contributed by atoms with Crippen molar-refractivity contribution in [3.8, 4) is 0 Å². The first-order chi connectivity index (χ1) is 10.1. The number of aliphatic imine (C=N–C) groups is 1. The summed E-state index contributed by atoms with van der Waals surface area (Å²) in [4.78, 5) is 9.22. The fourth-order valence-electron chi connectivity index (χ4n) is 2.33. The normalized spacial score (nSPS) is 16.9. The van der Waals surface area contributed by atoms with Gasteiger partial charge in [0, 0.05) is 32.7 Å². The molecule has 1 aromatic carbocycles. The van der Waals surface area contributed by atoms with E-state index < -0.39 is 0 Å². The Labute approximate surface area is 128 Å². The Morgan fingerprint density at radius 2 is 1.90 bits per heavy atom. The molecule has 0 spiro atoms. The molecule has 0 heterocycles. The van der Waals surface area contributed by atoms with Gasteiger partial charge in [-0.05, 0) is 32.4 Å². The number of nitrogens with zero attached hydrogens (tertiary/aromatic N) is 3. The average molecular weight is 288 g/mol. The van der Waals surface area contributed by atoms with Crippen molar-refractivity contribution in [1.29, 1.82) is 0 Å². The molecule has 1 N–H and O–H groups in total. The highest BCUT2D eigenvalue weighted by Crippen LogP contribution is 2.26. The van der Waals surface area contributed by atoms with Crippen LogP contribution in [0.3, 0.4) is 0 Å².